The Labute approximate surface area is 154 Å². The Kier molecular flexibility index (Phi) is 5.89. The number of rotatable bonds is 6. The molecule has 3 rings (SSSR count). The maximum Gasteiger partial charge on any atom is 0.349 e. The highest BCUT2D eigenvalue weighted by atomic mass is 32.2. The van der Waals surface area contributed by atoms with Crippen molar-refractivity contribution in [3.63, 3.8) is 0 Å². The monoisotopic (exact) mass is 378 g/mol. The van der Waals surface area contributed by atoms with Gasteiger partial charge in [0.1, 0.15) is 6.61 Å². The largest absolute Gasteiger partial charge is 0.460 e. The molecular formula is C17H19FN4O3S. The summed E-state index contributed by atoms with van der Waals surface area (Å²) in [5, 5.41) is 0.00459. The average molecular weight is 378 g/mol. The number of nitrogens with zero attached hydrogens (tertiary/aromatic N) is 3. The third-order valence-electron chi connectivity index (χ3n) is 4.07. The van der Waals surface area contributed by atoms with Crippen molar-refractivity contribution in [1.29, 1.82) is 0 Å². The van der Waals surface area contributed by atoms with Crippen LogP contribution in [0.1, 0.15) is 10.4 Å². The molecule has 1 unspecified atom stereocenters. The summed E-state index contributed by atoms with van der Waals surface area (Å²) in [7, 11) is 0. The van der Waals surface area contributed by atoms with E-state index in [2.05, 4.69) is 9.88 Å². The van der Waals surface area contributed by atoms with Crippen LogP contribution in [0, 0.1) is 5.82 Å². The van der Waals surface area contributed by atoms with Crippen molar-refractivity contribution in [3.05, 3.63) is 58.4 Å². The predicted molar refractivity (Wildman–Crippen MR) is 97.4 cm³/mol. The van der Waals surface area contributed by atoms with E-state index in [4.69, 9.17) is 10.5 Å². The fourth-order valence-electron chi connectivity index (χ4n) is 2.64. The van der Waals surface area contributed by atoms with Crippen molar-refractivity contribution < 1.29 is 13.9 Å². The van der Waals surface area contributed by atoms with E-state index < -0.39 is 17.3 Å². The zero-order valence-electron chi connectivity index (χ0n) is 14.0. The van der Waals surface area contributed by atoms with Crippen molar-refractivity contribution in [2.24, 2.45) is 0 Å². The third kappa shape index (κ3) is 4.41. The number of carbonyl (C=O) groups is 1. The first-order chi connectivity index (χ1) is 12.5. The molecule has 26 heavy (non-hydrogen) atoms. The van der Waals surface area contributed by atoms with Gasteiger partial charge < -0.3 is 10.5 Å². The average Bonchev–Trinajstić information content (AvgIpc) is 3.09. The van der Waals surface area contributed by atoms with Gasteiger partial charge in [0, 0.05) is 31.6 Å². The van der Waals surface area contributed by atoms with Gasteiger partial charge in [0.25, 0.3) is 0 Å². The van der Waals surface area contributed by atoms with Gasteiger partial charge >= 0.3 is 11.7 Å². The quantitative estimate of drug-likeness (QED) is 0.755. The van der Waals surface area contributed by atoms with E-state index in [-0.39, 0.29) is 24.5 Å². The molecule has 1 saturated heterocycles. The summed E-state index contributed by atoms with van der Waals surface area (Å²) in [4.78, 5) is 29.4. The molecule has 1 atom stereocenters. The predicted octanol–water partition coefficient (Wildman–Crippen LogP) is 1.20. The summed E-state index contributed by atoms with van der Waals surface area (Å²) >= 11 is 1.68. The number of esters is 1. The highest BCUT2D eigenvalue weighted by Crippen LogP contribution is 2.24. The van der Waals surface area contributed by atoms with Gasteiger partial charge in [0.15, 0.2) is 11.6 Å². The minimum Gasteiger partial charge on any atom is -0.460 e. The molecule has 1 aromatic heterocycles. The zero-order chi connectivity index (χ0) is 18.5. The van der Waals surface area contributed by atoms with Gasteiger partial charge in [-0.25, -0.2) is 14.0 Å². The molecule has 1 aliphatic heterocycles. The topological polar surface area (TPSA) is 90.4 Å². The van der Waals surface area contributed by atoms with E-state index in [0.717, 1.165) is 18.5 Å². The number of thioether (sulfide) groups is 1. The molecule has 7 nitrogen and oxygen atoms in total. The molecule has 2 N–H and O–H groups in total. The standard InChI is InChI=1S/C17H19FN4O3S/c18-13-10-22(17(24)20-15(13)19)7-6-21-8-9-26-14(21)11-25-16(23)12-4-2-1-3-5-12/h1-5,10,14H,6-9,11H2,(H2,19,20,24). The SMILES string of the molecule is Nc1nc(=O)n(CCN2CCSC2COC(=O)c2ccccc2)cc1F. The Morgan fingerprint density at radius 2 is 2.12 bits per heavy atom. The smallest absolute Gasteiger partial charge is 0.349 e. The van der Waals surface area contributed by atoms with Crippen LogP contribution in [0.3, 0.4) is 0 Å². The molecule has 0 amide bonds. The molecule has 0 aliphatic carbocycles. The van der Waals surface area contributed by atoms with Crippen molar-refractivity contribution in [1.82, 2.24) is 14.5 Å². The Bertz CT molecular complexity index is 831. The van der Waals surface area contributed by atoms with E-state index in [1.807, 2.05) is 6.07 Å². The lowest BCUT2D eigenvalue weighted by Gasteiger charge is -2.23. The molecule has 1 fully saturated rings. The van der Waals surface area contributed by atoms with E-state index in [1.165, 1.54) is 4.57 Å². The first kappa shape index (κ1) is 18.4. The summed E-state index contributed by atoms with van der Waals surface area (Å²) in [5.41, 5.74) is 5.21. The van der Waals surface area contributed by atoms with E-state index in [0.29, 0.717) is 12.1 Å². The second-order valence-electron chi connectivity index (χ2n) is 5.78. The molecule has 0 bridgehead atoms. The molecule has 138 valence electrons. The minimum absolute atomic E-state index is 0.00459. The number of hydrogen-bond donors (Lipinski definition) is 1. The molecule has 1 aromatic carbocycles. The van der Waals surface area contributed by atoms with Gasteiger partial charge in [-0.1, -0.05) is 18.2 Å². The van der Waals surface area contributed by atoms with E-state index >= 15 is 0 Å². The highest BCUT2D eigenvalue weighted by Gasteiger charge is 2.26. The maximum absolute atomic E-state index is 13.5. The number of aromatic nitrogens is 2. The number of nitrogen functional groups attached to an aromatic ring is 1. The third-order valence-corrected chi connectivity index (χ3v) is 5.30. The van der Waals surface area contributed by atoms with Crippen LogP contribution in [0.5, 0.6) is 0 Å². The number of anilines is 1. The summed E-state index contributed by atoms with van der Waals surface area (Å²) in [6, 6.07) is 8.81. The van der Waals surface area contributed by atoms with Crippen molar-refractivity contribution in [2.75, 3.05) is 31.2 Å². The molecule has 2 heterocycles. The second kappa shape index (κ2) is 8.33. The number of ether oxygens (including phenoxy) is 1. The minimum atomic E-state index is -0.714. The van der Waals surface area contributed by atoms with Gasteiger partial charge in [-0.3, -0.25) is 9.47 Å². The fourth-order valence-corrected chi connectivity index (χ4v) is 3.84. The van der Waals surface area contributed by atoms with Crippen LogP contribution in [0.4, 0.5) is 10.2 Å². The van der Waals surface area contributed by atoms with Crippen LogP contribution < -0.4 is 11.4 Å². The van der Waals surface area contributed by atoms with Crippen molar-refractivity contribution in [3.8, 4) is 0 Å². The number of hydrogen-bond acceptors (Lipinski definition) is 7. The molecule has 1 aliphatic rings. The number of benzene rings is 1. The Hall–Kier alpha value is -2.39. The first-order valence-corrected chi connectivity index (χ1v) is 9.20. The summed E-state index contributed by atoms with van der Waals surface area (Å²) in [6.45, 7) is 1.86. The summed E-state index contributed by atoms with van der Waals surface area (Å²) < 4.78 is 20.1. The van der Waals surface area contributed by atoms with Crippen molar-refractivity contribution >= 4 is 23.5 Å². The van der Waals surface area contributed by atoms with Gasteiger partial charge in [-0.15, -0.1) is 11.8 Å². The molecular weight excluding hydrogens is 359 g/mol. The normalized spacial score (nSPS) is 17.3. The molecule has 0 saturated carbocycles. The second-order valence-corrected chi connectivity index (χ2v) is 7.06. The lowest BCUT2D eigenvalue weighted by atomic mass is 10.2. The number of nitrogens with two attached hydrogens (primary N) is 1. The van der Waals surface area contributed by atoms with Gasteiger partial charge in [-0.05, 0) is 12.1 Å². The van der Waals surface area contributed by atoms with E-state index in [1.54, 1.807) is 36.0 Å². The summed E-state index contributed by atoms with van der Waals surface area (Å²) in [5.74, 6) is -0.571. The van der Waals surface area contributed by atoms with Crippen LogP contribution in [0.15, 0.2) is 41.3 Å². The van der Waals surface area contributed by atoms with Crippen LogP contribution in [-0.4, -0.2) is 51.2 Å². The van der Waals surface area contributed by atoms with Gasteiger partial charge in [0.2, 0.25) is 0 Å². The molecule has 0 radical (unpaired) electrons. The lowest BCUT2D eigenvalue weighted by molar-refractivity contribution is 0.0446. The van der Waals surface area contributed by atoms with Crippen LogP contribution in [0.25, 0.3) is 0 Å². The molecule has 9 heteroatoms. The van der Waals surface area contributed by atoms with Gasteiger partial charge in [0.05, 0.1) is 10.9 Å². The van der Waals surface area contributed by atoms with Crippen molar-refractivity contribution in [2.45, 2.75) is 11.9 Å². The van der Waals surface area contributed by atoms with E-state index in [9.17, 15) is 14.0 Å². The number of halogens is 1. The van der Waals surface area contributed by atoms with Crippen LogP contribution >= 0.6 is 11.8 Å². The Balaban J connectivity index is 1.54. The lowest BCUT2D eigenvalue weighted by Crippen LogP contribution is -2.37. The molecule has 2 aromatic rings. The molecule has 0 spiro atoms. The number of carbonyl (C=O) groups excluding carboxylic acids is 1. The summed E-state index contributed by atoms with van der Waals surface area (Å²) in [6.07, 6.45) is 1.07. The maximum atomic E-state index is 13.5. The zero-order valence-corrected chi connectivity index (χ0v) is 14.8. The Morgan fingerprint density at radius 3 is 2.88 bits per heavy atom. The first-order valence-electron chi connectivity index (χ1n) is 8.15. The van der Waals surface area contributed by atoms with Gasteiger partial charge in [-0.2, -0.15) is 4.98 Å². The van der Waals surface area contributed by atoms with Crippen LogP contribution in [-0.2, 0) is 11.3 Å². The fraction of sp³-hybridized carbons (Fsp3) is 0.353. The highest BCUT2D eigenvalue weighted by molar-refractivity contribution is 8.00. The van der Waals surface area contributed by atoms with Crippen LogP contribution in [0.2, 0.25) is 0 Å². The Morgan fingerprint density at radius 1 is 1.35 bits per heavy atom.